The van der Waals surface area contributed by atoms with Crippen molar-refractivity contribution in [2.45, 2.75) is 6.92 Å². The van der Waals surface area contributed by atoms with Gasteiger partial charge in [0.2, 0.25) is 0 Å². The van der Waals surface area contributed by atoms with Crippen molar-refractivity contribution < 1.29 is 9.18 Å². The van der Waals surface area contributed by atoms with E-state index in [0.29, 0.717) is 11.3 Å². The fourth-order valence-corrected chi connectivity index (χ4v) is 2.10. The normalized spacial score (nSPS) is 10.9. The number of carbonyl (C=O) groups is 1. The predicted octanol–water partition coefficient (Wildman–Crippen LogP) is 2.79. The molecular formula is C13H8ClFN4O. The Morgan fingerprint density at radius 2 is 2.10 bits per heavy atom. The van der Waals surface area contributed by atoms with E-state index >= 15 is 0 Å². The Morgan fingerprint density at radius 3 is 2.80 bits per heavy atom. The Kier molecular flexibility index (Phi) is 2.94. The maximum Gasteiger partial charge on any atom is 0.179 e. The number of hydrogen-bond acceptors (Lipinski definition) is 4. The number of Topliss-reactive ketones (excluding diaryl/α,β-unsaturated/α-hetero) is 1. The molecule has 0 aliphatic heterocycles. The van der Waals surface area contributed by atoms with Crippen LogP contribution in [0.15, 0.2) is 30.7 Å². The fourth-order valence-electron chi connectivity index (χ4n) is 1.84. The van der Waals surface area contributed by atoms with Crippen LogP contribution in [0.2, 0.25) is 5.15 Å². The van der Waals surface area contributed by atoms with Gasteiger partial charge in [0.05, 0.1) is 11.8 Å². The van der Waals surface area contributed by atoms with Crippen LogP contribution < -0.4 is 0 Å². The van der Waals surface area contributed by atoms with Gasteiger partial charge >= 0.3 is 0 Å². The maximum absolute atomic E-state index is 13.3. The Hall–Kier alpha value is -2.34. The van der Waals surface area contributed by atoms with Gasteiger partial charge in [-0.25, -0.2) is 19.3 Å². The summed E-state index contributed by atoms with van der Waals surface area (Å²) < 4.78 is 14.8. The lowest BCUT2D eigenvalue weighted by Gasteiger charge is -2.03. The largest absolute Gasteiger partial charge is 0.294 e. The molecule has 3 aromatic heterocycles. The first-order valence-electron chi connectivity index (χ1n) is 5.73. The number of aromatic nitrogens is 4. The molecule has 20 heavy (non-hydrogen) atoms. The standard InChI is InChI=1S/C13H8ClFN4O/c1-7(20)9-4-17-13(18-12(9)14)10-5-16-11-3-2-8(15)6-19(10)11/h2-6H,1H3. The van der Waals surface area contributed by atoms with E-state index in [0.717, 1.165) is 0 Å². The zero-order valence-electron chi connectivity index (χ0n) is 10.3. The summed E-state index contributed by atoms with van der Waals surface area (Å²) in [6.07, 6.45) is 4.16. The molecule has 0 atom stereocenters. The van der Waals surface area contributed by atoms with Crippen molar-refractivity contribution in [3.8, 4) is 11.5 Å². The van der Waals surface area contributed by atoms with E-state index in [1.165, 1.54) is 36.0 Å². The maximum atomic E-state index is 13.3. The van der Waals surface area contributed by atoms with Gasteiger partial charge in [0.15, 0.2) is 11.6 Å². The third-order valence-electron chi connectivity index (χ3n) is 2.82. The van der Waals surface area contributed by atoms with Crippen molar-refractivity contribution in [2.24, 2.45) is 0 Å². The van der Waals surface area contributed by atoms with E-state index in [2.05, 4.69) is 15.0 Å². The minimum atomic E-state index is -0.400. The van der Waals surface area contributed by atoms with Crippen molar-refractivity contribution >= 4 is 23.0 Å². The van der Waals surface area contributed by atoms with Gasteiger partial charge in [-0.2, -0.15) is 0 Å². The summed E-state index contributed by atoms with van der Waals surface area (Å²) in [6, 6.07) is 2.86. The minimum absolute atomic E-state index is 0.0638. The second kappa shape index (κ2) is 4.64. The molecule has 0 amide bonds. The number of carbonyl (C=O) groups excluding carboxylic acids is 1. The van der Waals surface area contributed by atoms with E-state index in [9.17, 15) is 9.18 Å². The van der Waals surface area contributed by atoms with Crippen LogP contribution in [0.1, 0.15) is 17.3 Å². The highest BCUT2D eigenvalue weighted by atomic mass is 35.5. The Morgan fingerprint density at radius 1 is 1.30 bits per heavy atom. The molecule has 0 bridgehead atoms. The molecule has 0 aliphatic rings. The Bertz CT molecular complexity index is 830. The summed E-state index contributed by atoms with van der Waals surface area (Å²) in [5.74, 6) is -0.341. The van der Waals surface area contributed by atoms with Gasteiger partial charge in [-0.1, -0.05) is 11.6 Å². The SMILES string of the molecule is CC(=O)c1cnc(-c2cnc3ccc(F)cn23)nc1Cl. The monoisotopic (exact) mass is 290 g/mol. The highest BCUT2D eigenvalue weighted by molar-refractivity contribution is 6.32. The van der Waals surface area contributed by atoms with Gasteiger partial charge in [0.1, 0.15) is 22.3 Å². The molecule has 3 rings (SSSR count). The van der Waals surface area contributed by atoms with E-state index < -0.39 is 5.82 Å². The second-order valence-electron chi connectivity index (χ2n) is 4.17. The van der Waals surface area contributed by atoms with Crippen LogP contribution in [-0.4, -0.2) is 25.1 Å². The Balaban J connectivity index is 2.18. The van der Waals surface area contributed by atoms with Crippen molar-refractivity contribution in [2.75, 3.05) is 0 Å². The number of fused-ring (bicyclic) bond motifs is 1. The molecule has 0 saturated carbocycles. The number of ketones is 1. The first-order chi connectivity index (χ1) is 9.56. The number of imidazole rings is 1. The first-order valence-corrected chi connectivity index (χ1v) is 6.10. The minimum Gasteiger partial charge on any atom is -0.294 e. The van der Waals surface area contributed by atoms with E-state index in [4.69, 9.17) is 11.6 Å². The summed E-state index contributed by atoms with van der Waals surface area (Å²) in [4.78, 5) is 23.6. The second-order valence-corrected chi connectivity index (χ2v) is 4.53. The van der Waals surface area contributed by atoms with Crippen LogP contribution in [0.5, 0.6) is 0 Å². The van der Waals surface area contributed by atoms with Crippen LogP contribution in [0.25, 0.3) is 17.2 Å². The number of pyridine rings is 1. The lowest BCUT2D eigenvalue weighted by molar-refractivity contribution is 0.101. The van der Waals surface area contributed by atoms with Crippen molar-refractivity contribution in [1.82, 2.24) is 19.4 Å². The lowest BCUT2D eigenvalue weighted by Crippen LogP contribution is -2.01. The average Bonchev–Trinajstić information content (AvgIpc) is 2.81. The highest BCUT2D eigenvalue weighted by Crippen LogP contribution is 2.21. The topological polar surface area (TPSA) is 60.2 Å². The van der Waals surface area contributed by atoms with E-state index in [-0.39, 0.29) is 22.3 Å². The number of halogens is 2. The molecule has 0 aliphatic carbocycles. The summed E-state index contributed by atoms with van der Waals surface area (Å²) >= 11 is 5.95. The van der Waals surface area contributed by atoms with Gasteiger partial charge in [-0.05, 0) is 19.1 Å². The summed E-state index contributed by atoms with van der Waals surface area (Å²) in [5.41, 5.74) is 1.31. The zero-order chi connectivity index (χ0) is 14.3. The van der Waals surface area contributed by atoms with Crippen LogP contribution in [0.3, 0.4) is 0 Å². The van der Waals surface area contributed by atoms with E-state index in [1.807, 2.05) is 0 Å². The fraction of sp³-hybridized carbons (Fsp3) is 0.0769. The van der Waals surface area contributed by atoms with Crippen molar-refractivity contribution in [1.29, 1.82) is 0 Å². The Labute approximate surface area is 118 Å². The number of hydrogen-bond donors (Lipinski definition) is 0. The molecule has 5 nitrogen and oxygen atoms in total. The molecule has 0 N–H and O–H groups in total. The first kappa shape index (κ1) is 12.7. The third kappa shape index (κ3) is 2.04. The van der Waals surface area contributed by atoms with Crippen molar-refractivity contribution in [3.05, 3.63) is 47.3 Å². The van der Waals surface area contributed by atoms with Gasteiger partial charge in [0, 0.05) is 12.4 Å². The number of rotatable bonds is 2. The predicted molar refractivity (Wildman–Crippen MR) is 71.2 cm³/mol. The van der Waals surface area contributed by atoms with Gasteiger partial charge in [-0.15, -0.1) is 0 Å². The van der Waals surface area contributed by atoms with Gasteiger partial charge < -0.3 is 0 Å². The molecule has 0 aromatic carbocycles. The lowest BCUT2D eigenvalue weighted by atomic mass is 10.2. The summed E-state index contributed by atoms with van der Waals surface area (Å²) in [6.45, 7) is 1.38. The molecule has 100 valence electrons. The van der Waals surface area contributed by atoms with Crippen LogP contribution in [-0.2, 0) is 0 Å². The molecule has 0 spiro atoms. The van der Waals surface area contributed by atoms with E-state index in [1.54, 1.807) is 6.07 Å². The highest BCUT2D eigenvalue weighted by Gasteiger charge is 2.13. The smallest absolute Gasteiger partial charge is 0.179 e. The van der Waals surface area contributed by atoms with Gasteiger partial charge in [0.25, 0.3) is 0 Å². The summed E-state index contributed by atoms with van der Waals surface area (Å²) in [5, 5.41) is 0.0638. The van der Waals surface area contributed by atoms with Gasteiger partial charge in [-0.3, -0.25) is 9.20 Å². The molecule has 0 radical (unpaired) electrons. The number of nitrogens with zero attached hydrogens (tertiary/aromatic N) is 4. The molecule has 0 saturated heterocycles. The molecule has 7 heteroatoms. The van der Waals surface area contributed by atoms with Crippen LogP contribution >= 0.6 is 11.6 Å². The molecular weight excluding hydrogens is 283 g/mol. The third-order valence-corrected chi connectivity index (χ3v) is 3.11. The van der Waals surface area contributed by atoms with Crippen molar-refractivity contribution in [3.63, 3.8) is 0 Å². The van der Waals surface area contributed by atoms with Crippen LogP contribution in [0.4, 0.5) is 4.39 Å². The summed E-state index contributed by atoms with van der Waals surface area (Å²) in [7, 11) is 0. The molecule has 3 aromatic rings. The molecule has 0 unspecified atom stereocenters. The zero-order valence-corrected chi connectivity index (χ0v) is 11.1. The quantitative estimate of drug-likeness (QED) is 0.538. The van der Waals surface area contributed by atoms with Crippen LogP contribution in [0, 0.1) is 5.82 Å². The molecule has 0 fully saturated rings. The molecule has 3 heterocycles. The average molecular weight is 291 g/mol.